The molecule has 1 saturated carbocycles. The van der Waals surface area contributed by atoms with Crippen LogP contribution in [0, 0.1) is 6.92 Å². The third-order valence-electron chi connectivity index (χ3n) is 11.5. The van der Waals surface area contributed by atoms with Gasteiger partial charge in [-0.15, -0.1) is 0 Å². The summed E-state index contributed by atoms with van der Waals surface area (Å²) in [6, 6.07) is 15.5. The number of carbonyl (C=O) groups excluding carboxylic acids is 2. The number of methoxy groups -OCH3 is 1. The zero-order valence-corrected chi connectivity index (χ0v) is 34.2. The lowest BCUT2D eigenvalue weighted by atomic mass is 9.81. The number of hydrogen-bond acceptors (Lipinski definition) is 8. The molecule has 0 spiro atoms. The predicted molar refractivity (Wildman–Crippen MR) is 221 cm³/mol. The Labute approximate surface area is 333 Å². The van der Waals surface area contributed by atoms with Gasteiger partial charge in [0.15, 0.2) is 0 Å². The third kappa shape index (κ3) is 7.27. The number of nitrogens with one attached hydrogen (secondary N) is 1. The summed E-state index contributed by atoms with van der Waals surface area (Å²) in [6.45, 7) is 10.2. The maximum atomic E-state index is 14.7. The lowest BCUT2D eigenvalue weighted by Gasteiger charge is -2.35. The second-order valence-electron chi connectivity index (χ2n) is 16.0. The summed E-state index contributed by atoms with van der Waals surface area (Å²) >= 11 is 0. The molecule has 1 saturated heterocycles. The van der Waals surface area contributed by atoms with Crippen LogP contribution in [0.5, 0.6) is 5.75 Å². The highest BCUT2D eigenvalue weighted by Gasteiger charge is 2.34. The molecule has 2 aromatic carbocycles. The number of aromatic nitrogens is 4. The van der Waals surface area contributed by atoms with Crippen LogP contribution in [0.3, 0.4) is 0 Å². The maximum Gasteiger partial charge on any atom is 0.264 e. The largest absolute Gasteiger partial charge is 0.497 e. The van der Waals surface area contributed by atoms with Gasteiger partial charge in [-0.05, 0) is 119 Å². The van der Waals surface area contributed by atoms with E-state index in [4.69, 9.17) is 14.6 Å². The van der Waals surface area contributed by atoms with Crippen LogP contribution >= 0.6 is 0 Å². The number of amides is 2. The zero-order valence-electron chi connectivity index (χ0n) is 33.4. The molecule has 13 heteroatoms. The van der Waals surface area contributed by atoms with Crippen LogP contribution < -0.4 is 9.46 Å². The molecule has 0 radical (unpaired) electrons. The number of fused-ring (bicyclic) bond motifs is 5. The molecule has 2 atom stereocenters. The van der Waals surface area contributed by atoms with E-state index in [1.165, 1.54) is 12.0 Å². The van der Waals surface area contributed by atoms with Gasteiger partial charge in [0, 0.05) is 47.0 Å². The van der Waals surface area contributed by atoms with Crippen LogP contribution in [0.1, 0.15) is 109 Å². The first-order valence-electron chi connectivity index (χ1n) is 19.9. The number of pyridine rings is 1. The highest BCUT2D eigenvalue weighted by molar-refractivity contribution is 7.90. The van der Waals surface area contributed by atoms with Crippen molar-refractivity contribution in [3.05, 3.63) is 94.6 Å². The number of sulfonamides is 1. The topological polar surface area (TPSA) is 138 Å². The number of allylic oxidation sites excluding steroid dienone is 1. The van der Waals surface area contributed by atoms with Crippen LogP contribution in [-0.4, -0.2) is 82.1 Å². The number of rotatable bonds is 8. The molecule has 298 valence electrons. The van der Waals surface area contributed by atoms with Gasteiger partial charge < -0.3 is 18.9 Å². The van der Waals surface area contributed by atoms with Crippen molar-refractivity contribution in [2.75, 3.05) is 20.2 Å². The number of benzene rings is 2. The SMILES string of the molecule is COc1ccc2c(c1)C=C(c1c(C(=O)N3C[C@@H](C)O[C@@H](C)C3)cnn1-c1ccnc(C)c1)Cn1c-2c(C2CCCCC2)c2ccc(C(=O)NS(=O)(=O)C(C)C)cc21. The van der Waals surface area contributed by atoms with Crippen LogP contribution in [0.15, 0.2) is 60.9 Å². The molecule has 5 aromatic rings. The maximum absolute atomic E-state index is 14.7. The van der Waals surface area contributed by atoms with Crippen molar-refractivity contribution in [2.24, 2.45) is 0 Å². The molecular formula is C44H50N6O6S. The fourth-order valence-corrected chi connectivity index (χ4v) is 9.43. The van der Waals surface area contributed by atoms with Gasteiger partial charge in [0.2, 0.25) is 10.0 Å². The lowest BCUT2D eigenvalue weighted by molar-refractivity contribution is -0.0586. The highest BCUT2D eigenvalue weighted by atomic mass is 32.2. The number of morpholine rings is 1. The first-order chi connectivity index (χ1) is 27.3. The molecule has 2 aliphatic heterocycles. The average molecular weight is 791 g/mol. The Hall–Kier alpha value is -5.27. The van der Waals surface area contributed by atoms with Crippen molar-refractivity contribution in [1.29, 1.82) is 0 Å². The molecule has 0 bridgehead atoms. The molecule has 2 fully saturated rings. The van der Waals surface area contributed by atoms with Crippen molar-refractivity contribution in [1.82, 2.24) is 29.0 Å². The molecule has 5 heterocycles. The van der Waals surface area contributed by atoms with Gasteiger partial charge in [-0.3, -0.25) is 14.6 Å². The minimum Gasteiger partial charge on any atom is -0.497 e. The van der Waals surface area contributed by atoms with Gasteiger partial charge in [-0.1, -0.05) is 25.3 Å². The normalized spacial score (nSPS) is 18.9. The second-order valence-corrected chi connectivity index (χ2v) is 18.2. The summed E-state index contributed by atoms with van der Waals surface area (Å²) in [7, 11) is -2.21. The predicted octanol–water partition coefficient (Wildman–Crippen LogP) is 7.53. The minimum atomic E-state index is -3.87. The minimum absolute atomic E-state index is 0.121. The smallest absolute Gasteiger partial charge is 0.264 e. The molecule has 0 unspecified atom stereocenters. The average Bonchev–Trinajstić information content (AvgIpc) is 3.72. The van der Waals surface area contributed by atoms with E-state index in [0.717, 1.165) is 70.4 Å². The van der Waals surface area contributed by atoms with E-state index in [1.54, 1.807) is 39.4 Å². The van der Waals surface area contributed by atoms with E-state index in [-0.39, 0.29) is 29.6 Å². The molecule has 3 aliphatic rings. The van der Waals surface area contributed by atoms with Crippen molar-refractivity contribution in [3.8, 4) is 22.7 Å². The summed E-state index contributed by atoms with van der Waals surface area (Å²) < 4.78 is 43.8. The fraction of sp³-hybridized carbons (Fsp3) is 0.409. The van der Waals surface area contributed by atoms with E-state index < -0.39 is 21.2 Å². The summed E-state index contributed by atoms with van der Waals surface area (Å²) in [4.78, 5) is 34.6. The van der Waals surface area contributed by atoms with Crippen LogP contribution in [0.25, 0.3) is 39.5 Å². The highest BCUT2D eigenvalue weighted by Crippen LogP contribution is 2.48. The Morgan fingerprint density at radius 2 is 1.72 bits per heavy atom. The van der Waals surface area contributed by atoms with Crippen LogP contribution in [-0.2, 0) is 21.3 Å². The second kappa shape index (κ2) is 15.2. The van der Waals surface area contributed by atoms with Crippen molar-refractivity contribution >= 4 is 44.4 Å². The first kappa shape index (κ1) is 38.6. The van der Waals surface area contributed by atoms with E-state index in [1.807, 2.05) is 66.8 Å². The summed E-state index contributed by atoms with van der Waals surface area (Å²) in [6.07, 6.45) is 10.8. The molecule has 1 aliphatic carbocycles. The third-order valence-corrected chi connectivity index (χ3v) is 13.3. The Bertz CT molecular complexity index is 2520. The summed E-state index contributed by atoms with van der Waals surface area (Å²) in [5.41, 5.74) is 8.77. The Kier molecular flexibility index (Phi) is 10.3. The molecule has 57 heavy (non-hydrogen) atoms. The van der Waals surface area contributed by atoms with Gasteiger partial charge in [-0.2, -0.15) is 5.10 Å². The van der Waals surface area contributed by atoms with Crippen LogP contribution in [0.4, 0.5) is 0 Å². The number of aryl methyl sites for hydroxylation is 1. The van der Waals surface area contributed by atoms with E-state index in [2.05, 4.69) is 26.4 Å². The summed E-state index contributed by atoms with van der Waals surface area (Å²) in [5.74, 6) is 0.167. The number of carbonyl (C=O) groups is 2. The van der Waals surface area contributed by atoms with Crippen molar-refractivity contribution < 1.29 is 27.5 Å². The van der Waals surface area contributed by atoms with Crippen molar-refractivity contribution in [3.63, 3.8) is 0 Å². The van der Waals surface area contributed by atoms with E-state index >= 15 is 0 Å². The Morgan fingerprint density at radius 1 is 0.965 bits per heavy atom. The van der Waals surface area contributed by atoms with Crippen LogP contribution in [0.2, 0.25) is 0 Å². The quantitative estimate of drug-likeness (QED) is 0.170. The van der Waals surface area contributed by atoms with Gasteiger partial charge in [0.05, 0.1) is 59.9 Å². The summed E-state index contributed by atoms with van der Waals surface area (Å²) in [5, 5.41) is 5.13. The number of hydrogen-bond donors (Lipinski definition) is 1. The van der Waals surface area contributed by atoms with Gasteiger partial charge in [0.25, 0.3) is 11.8 Å². The molecule has 2 amide bonds. The van der Waals surface area contributed by atoms with E-state index in [0.29, 0.717) is 36.6 Å². The standard InChI is InChI=1S/C44H50N6O6S/c1-26(2)57(53,54)47-43(51)31-12-14-37-39(21-31)49-25-33(19-32-20-35(55-6)13-15-36(32)42(49)40(37)30-10-8-7-9-11-30)41-38(44(52)48-23-28(4)56-29(5)24-48)22-46-50(41)34-16-17-45-27(3)18-34/h12-22,26,28-30H,7-11,23-25H2,1-6H3,(H,47,51)/t28-,29+. The lowest BCUT2D eigenvalue weighted by Crippen LogP contribution is -2.48. The Balaban J connectivity index is 1.38. The van der Waals surface area contributed by atoms with E-state index in [9.17, 15) is 18.0 Å². The fourth-order valence-electron chi connectivity index (χ4n) is 8.82. The first-order valence-corrected chi connectivity index (χ1v) is 21.4. The number of ether oxygens (including phenoxy) is 2. The van der Waals surface area contributed by atoms with Gasteiger partial charge >= 0.3 is 0 Å². The van der Waals surface area contributed by atoms with Gasteiger partial charge in [0.1, 0.15) is 5.75 Å². The number of nitrogens with zero attached hydrogens (tertiary/aromatic N) is 5. The molecule has 12 nitrogen and oxygen atoms in total. The van der Waals surface area contributed by atoms with Gasteiger partial charge in [-0.25, -0.2) is 17.8 Å². The molecule has 1 N–H and O–H groups in total. The van der Waals surface area contributed by atoms with Crippen molar-refractivity contribution in [2.45, 2.75) is 96.6 Å². The molecule has 3 aromatic heterocycles. The molecular weight excluding hydrogens is 741 g/mol. The zero-order chi connectivity index (χ0) is 40.2. The monoisotopic (exact) mass is 790 g/mol. The molecule has 8 rings (SSSR count). The Morgan fingerprint density at radius 3 is 2.42 bits per heavy atom.